The molecule has 1 aromatic heterocycles. The summed E-state index contributed by atoms with van der Waals surface area (Å²) in [5.41, 5.74) is 5.82. The van der Waals surface area contributed by atoms with E-state index < -0.39 is 11.7 Å². The summed E-state index contributed by atoms with van der Waals surface area (Å²) in [6.45, 7) is 0. The SMILES string of the molecule is COc1ccsc1C(=O)Nc1ccc(N)cc1F. The van der Waals surface area contributed by atoms with Gasteiger partial charge in [-0.15, -0.1) is 11.3 Å². The van der Waals surface area contributed by atoms with Crippen LogP contribution < -0.4 is 15.8 Å². The molecule has 94 valence electrons. The van der Waals surface area contributed by atoms with Crippen LogP contribution in [0.3, 0.4) is 0 Å². The first-order chi connectivity index (χ1) is 8.61. The Morgan fingerprint density at radius 3 is 2.89 bits per heavy atom. The lowest BCUT2D eigenvalue weighted by Crippen LogP contribution is -2.12. The van der Waals surface area contributed by atoms with Gasteiger partial charge in [0.2, 0.25) is 0 Å². The zero-order valence-electron chi connectivity index (χ0n) is 9.57. The average Bonchev–Trinajstić information content (AvgIpc) is 2.81. The highest BCUT2D eigenvalue weighted by molar-refractivity contribution is 7.12. The van der Waals surface area contributed by atoms with Crippen LogP contribution in [0.2, 0.25) is 0 Å². The summed E-state index contributed by atoms with van der Waals surface area (Å²) in [6, 6.07) is 5.77. The number of ether oxygens (including phenoxy) is 1. The zero-order valence-corrected chi connectivity index (χ0v) is 10.4. The van der Waals surface area contributed by atoms with Gasteiger partial charge in [-0.3, -0.25) is 4.79 Å². The molecule has 4 nitrogen and oxygen atoms in total. The molecule has 1 aromatic carbocycles. The van der Waals surface area contributed by atoms with Crippen molar-refractivity contribution in [3.63, 3.8) is 0 Å². The molecule has 0 aliphatic rings. The first-order valence-corrected chi connectivity index (χ1v) is 5.97. The molecular weight excluding hydrogens is 255 g/mol. The third kappa shape index (κ3) is 2.43. The molecule has 3 N–H and O–H groups in total. The largest absolute Gasteiger partial charge is 0.495 e. The van der Waals surface area contributed by atoms with Crippen molar-refractivity contribution < 1.29 is 13.9 Å². The van der Waals surface area contributed by atoms with E-state index in [4.69, 9.17) is 10.5 Å². The minimum Gasteiger partial charge on any atom is -0.495 e. The van der Waals surface area contributed by atoms with Crippen molar-refractivity contribution in [1.29, 1.82) is 0 Å². The summed E-state index contributed by atoms with van der Waals surface area (Å²) in [7, 11) is 1.47. The summed E-state index contributed by atoms with van der Waals surface area (Å²) >= 11 is 1.23. The predicted molar refractivity (Wildman–Crippen MR) is 69.6 cm³/mol. The predicted octanol–water partition coefficient (Wildman–Crippen LogP) is 2.73. The van der Waals surface area contributed by atoms with Gasteiger partial charge in [0.15, 0.2) is 0 Å². The van der Waals surface area contributed by atoms with E-state index in [2.05, 4.69) is 5.32 Å². The molecule has 0 aliphatic heterocycles. The van der Waals surface area contributed by atoms with Crippen molar-refractivity contribution in [2.45, 2.75) is 0 Å². The molecule has 0 fully saturated rings. The maximum Gasteiger partial charge on any atom is 0.269 e. The second-order valence-electron chi connectivity index (χ2n) is 3.51. The van der Waals surface area contributed by atoms with Gasteiger partial charge in [0.25, 0.3) is 5.91 Å². The van der Waals surface area contributed by atoms with Crippen molar-refractivity contribution in [1.82, 2.24) is 0 Å². The molecule has 0 saturated heterocycles. The highest BCUT2D eigenvalue weighted by Crippen LogP contribution is 2.26. The number of nitrogen functional groups attached to an aromatic ring is 1. The van der Waals surface area contributed by atoms with Crippen molar-refractivity contribution in [3.05, 3.63) is 40.3 Å². The molecule has 0 radical (unpaired) electrons. The number of carbonyl (C=O) groups excluding carboxylic acids is 1. The Labute approximate surface area is 107 Å². The average molecular weight is 266 g/mol. The van der Waals surface area contributed by atoms with Crippen LogP contribution in [0, 0.1) is 5.82 Å². The van der Waals surface area contributed by atoms with Crippen LogP contribution in [-0.4, -0.2) is 13.0 Å². The van der Waals surface area contributed by atoms with E-state index in [-0.39, 0.29) is 5.69 Å². The summed E-state index contributed by atoms with van der Waals surface area (Å²) in [5.74, 6) is -0.516. The minimum absolute atomic E-state index is 0.0876. The summed E-state index contributed by atoms with van der Waals surface area (Å²) in [4.78, 5) is 12.3. The van der Waals surface area contributed by atoms with Gasteiger partial charge >= 0.3 is 0 Å². The van der Waals surface area contributed by atoms with E-state index in [1.807, 2.05) is 0 Å². The number of anilines is 2. The summed E-state index contributed by atoms with van der Waals surface area (Å²) in [6.07, 6.45) is 0. The first kappa shape index (κ1) is 12.4. The number of amides is 1. The van der Waals surface area contributed by atoms with Gasteiger partial charge in [-0.25, -0.2) is 4.39 Å². The number of hydrogen-bond donors (Lipinski definition) is 2. The molecule has 2 aromatic rings. The van der Waals surface area contributed by atoms with Gasteiger partial charge in [0.1, 0.15) is 16.4 Å². The van der Waals surface area contributed by atoms with Gasteiger partial charge in [0, 0.05) is 5.69 Å². The Morgan fingerprint density at radius 1 is 1.44 bits per heavy atom. The smallest absolute Gasteiger partial charge is 0.269 e. The molecule has 0 spiro atoms. The minimum atomic E-state index is -0.570. The maximum absolute atomic E-state index is 13.5. The van der Waals surface area contributed by atoms with Crippen LogP contribution in [0.1, 0.15) is 9.67 Å². The Morgan fingerprint density at radius 2 is 2.22 bits per heavy atom. The van der Waals surface area contributed by atoms with E-state index in [1.54, 1.807) is 11.4 Å². The molecule has 6 heteroatoms. The Bertz CT molecular complexity index is 583. The topological polar surface area (TPSA) is 64.3 Å². The molecule has 1 amide bonds. The molecule has 1 heterocycles. The second-order valence-corrected chi connectivity index (χ2v) is 4.43. The number of halogens is 1. The number of nitrogens with two attached hydrogens (primary N) is 1. The lowest BCUT2D eigenvalue weighted by atomic mass is 10.2. The maximum atomic E-state index is 13.5. The number of hydrogen-bond acceptors (Lipinski definition) is 4. The van der Waals surface area contributed by atoms with Crippen LogP contribution in [-0.2, 0) is 0 Å². The number of nitrogens with one attached hydrogen (secondary N) is 1. The number of thiophene rings is 1. The summed E-state index contributed by atoms with van der Waals surface area (Å²) < 4.78 is 18.5. The highest BCUT2D eigenvalue weighted by Gasteiger charge is 2.15. The van der Waals surface area contributed by atoms with Crippen LogP contribution in [0.4, 0.5) is 15.8 Å². The Kier molecular flexibility index (Phi) is 3.47. The third-order valence-electron chi connectivity index (χ3n) is 2.30. The van der Waals surface area contributed by atoms with Crippen molar-refractivity contribution in [2.24, 2.45) is 0 Å². The number of carbonyl (C=O) groups is 1. The first-order valence-electron chi connectivity index (χ1n) is 5.09. The van der Waals surface area contributed by atoms with Crippen LogP contribution in [0.5, 0.6) is 5.75 Å². The molecule has 0 unspecified atom stereocenters. The molecule has 0 bridgehead atoms. The fourth-order valence-corrected chi connectivity index (χ4v) is 2.19. The standard InChI is InChI=1S/C12H11FN2O2S/c1-17-10-4-5-18-11(10)12(16)15-9-3-2-7(14)6-8(9)13/h2-6H,14H2,1H3,(H,15,16). The van der Waals surface area contributed by atoms with E-state index in [0.717, 1.165) is 6.07 Å². The van der Waals surface area contributed by atoms with E-state index in [9.17, 15) is 9.18 Å². The molecule has 0 atom stereocenters. The van der Waals surface area contributed by atoms with Gasteiger partial charge in [0.05, 0.1) is 12.8 Å². The Hall–Kier alpha value is -2.08. The van der Waals surface area contributed by atoms with Crippen LogP contribution in [0.15, 0.2) is 29.6 Å². The van der Waals surface area contributed by atoms with Crippen LogP contribution >= 0.6 is 11.3 Å². The van der Waals surface area contributed by atoms with Gasteiger partial charge in [-0.2, -0.15) is 0 Å². The van der Waals surface area contributed by atoms with Gasteiger partial charge in [-0.05, 0) is 29.6 Å². The lowest BCUT2D eigenvalue weighted by molar-refractivity contribution is 0.102. The third-order valence-corrected chi connectivity index (χ3v) is 3.19. The van der Waals surface area contributed by atoms with E-state index >= 15 is 0 Å². The molecule has 0 saturated carbocycles. The number of benzene rings is 1. The molecule has 0 aliphatic carbocycles. The number of rotatable bonds is 3. The monoisotopic (exact) mass is 266 g/mol. The molecule has 2 rings (SSSR count). The molecular formula is C12H11FN2O2S. The van der Waals surface area contributed by atoms with Crippen LogP contribution in [0.25, 0.3) is 0 Å². The van der Waals surface area contributed by atoms with E-state index in [0.29, 0.717) is 16.3 Å². The van der Waals surface area contributed by atoms with E-state index in [1.165, 1.54) is 30.6 Å². The highest BCUT2D eigenvalue weighted by atomic mass is 32.1. The van der Waals surface area contributed by atoms with Crippen molar-refractivity contribution in [2.75, 3.05) is 18.2 Å². The molecule has 18 heavy (non-hydrogen) atoms. The fourth-order valence-electron chi connectivity index (χ4n) is 1.44. The lowest BCUT2D eigenvalue weighted by Gasteiger charge is -2.07. The Balaban J connectivity index is 2.21. The zero-order chi connectivity index (χ0) is 13.1. The van der Waals surface area contributed by atoms with Gasteiger partial charge < -0.3 is 15.8 Å². The quantitative estimate of drug-likeness (QED) is 0.839. The second kappa shape index (κ2) is 5.05. The van der Waals surface area contributed by atoms with Crippen molar-refractivity contribution >= 4 is 28.6 Å². The fraction of sp³-hybridized carbons (Fsp3) is 0.0833. The van der Waals surface area contributed by atoms with Crippen molar-refractivity contribution in [3.8, 4) is 5.75 Å². The number of methoxy groups -OCH3 is 1. The normalized spacial score (nSPS) is 10.1. The van der Waals surface area contributed by atoms with Gasteiger partial charge in [-0.1, -0.05) is 0 Å². The summed E-state index contributed by atoms with van der Waals surface area (Å²) in [5, 5.41) is 4.20.